The Kier molecular flexibility index (Phi) is 7.00. The van der Waals surface area contributed by atoms with Gasteiger partial charge in [0, 0.05) is 25.6 Å². The van der Waals surface area contributed by atoms with Crippen molar-refractivity contribution in [3.05, 3.63) is 35.7 Å². The maximum absolute atomic E-state index is 11.2. The third kappa shape index (κ3) is 4.68. The number of carbonyl (C=O) groups excluding carboxylic acids is 1. The number of esters is 1. The van der Waals surface area contributed by atoms with Crippen molar-refractivity contribution in [2.75, 3.05) is 20.7 Å². The normalized spacial score (nSPS) is 11.5. The standard InChI is InChI=1S/C19H27N3O2/c1-4-5-6-7-18-21-16-14-15(9-11-19(23)24-3)8-10-17(16)22(18)13-12-20-2/h8-11,14,20H,4-7,12-13H2,1-3H3/b11-9+. The number of benzene rings is 1. The zero-order valence-electron chi connectivity index (χ0n) is 14.8. The van der Waals surface area contributed by atoms with Crippen molar-refractivity contribution < 1.29 is 9.53 Å². The topological polar surface area (TPSA) is 56.1 Å². The first-order chi connectivity index (χ1) is 11.7. The fourth-order valence-corrected chi connectivity index (χ4v) is 2.73. The number of ether oxygens (including phenoxy) is 1. The average Bonchev–Trinajstić information content (AvgIpc) is 2.94. The molecule has 0 atom stereocenters. The van der Waals surface area contributed by atoms with Crippen LogP contribution in [0.15, 0.2) is 24.3 Å². The van der Waals surface area contributed by atoms with Crippen molar-refractivity contribution in [2.24, 2.45) is 0 Å². The lowest BCUT2D eigenvalue weighted by atomic mass is 10.2. The van der Waals surface area contributed by atoms with Crippen LogP contribution in [0, 0.1) is 0 Å². The van der Waals surface area contributed by atoms with E-state index in [4.69, 9.17) is 4.98 Å². The Labute approximate surface area is 143 Å². The fraction of sp³-hybridized carbons (Fsp3) is 0.474. The van der Waals surface area contributed by atoms with Gasteiger partial charge in [0.2, 0.25) is 0 Å². The molecule has 0 aliphatic heterocycles. The monoisotopic (exact) mass is 329 g/mol. The Balaban J connectivity index is 2.30. The van der Waals surface area contributed by atoms with Crippen LogP contribution in [-0.2, 0) is 22.5 Å². The van der Waals surface area contributed by atoms with Crippen molar-refractivity contribution in [1.82, 2.24) is 14.9 Å². The third-order valence-electron chi connectivity index (χ3n) is 4.05. The van der Waals surface area contributed by atoms with E-state index >= 15 is 0 Å². The molecular weight excluding hydrogens is 302 g/mol. The van der Waals surface area contributed by atoms with Gasteiger partial charge in [-0.15, -0.1) is 0 Å². The number of nitrogens with one attached hydrogen (secondary N) is 1. The summed E-state index contributed by atoms with van der Waals surface area (Å²) >= 11 is 0. The van der Waals surface area contributed by atoms with E-state index in [0.29, 0.717) is 0 Å². The average molecular weight is 329 g/mol. The van der Waals surface area contributed by atoms with Crippen LogP contribution >= 0.6 is 0 Å². The summed E-state index contributed by atoms with van der Waals surface area (Å²) in [5.41, 5.74) is 3.07. The zero-order chi connectivity index (χ0) is 17.4. The van der Waals surface area contributed by atoms with Gasteiger partial charge in [0.25, 0.3) is 0 Å². The van der Waals surface area contributed by atoms with Crippen molar-refractivity contribution in [3.8, 4) is 0 Å². The van der Waals surface area contributed by atoms with E-state index in [9.17, 15) is 4.79 Å². The molecule has 0 radical (unpaired) electrons. The maximum atomic E-state index is 11.2. The van der Waals surface area contributed by atoms with Gasteiger partial charge in [-0.3, -0.25) is 0 Å². The molecule has 5 heteroatoms. The van der Waals surface area contributed by atoms with Crippen molar-refractivity contribution >= 4 is 23.1 Å². The predicted octanol–water partition coefficient (Wildman–Crippen LogP) is 3.17. The van der Waals surface area contributed by atoms with Gasteiger partial charge < -0.3 is 14.6 Å². The largest absolute Gasteiger partial charge is 0.466 e. The van der Waals surface area contributed by atoms with E-state index in [1.54, 1.807) is 6.08 Å². The number of methoxy groups -OCH3 is 1. The molecular formula is C19H27N3O2. The highest BCUT2D eigenvalue weighted by Crippen LogP contribution is 2.20. The first-order valence-electron chi connectivity index (χ1n) is 8.59. The molecule has 0 unspecified atom stereocenters. The highest BCUT2D eigenvalue weighted by Gasteiger charge is 2.10. The van der Waals surface area contributed by atoms with E-state index in [-0.39, 0.29) is 5.97 Å². The van der Waals surface area contributed by atoms with Gasteiger partial charge in [-0.1, -0.05) is 25.8 Å². The highest BCUT2D eigenvalue weighted by atomic mass is 16.5. The summed E-state index contributed by atoms with van der Waals surface area (Å²) in [7, 11) is 3.34. The van der Waals surface area contributed by atoms with Crippen LogP contribution in [0.25, 0.3) is 17.1 Å². The molecule has 1 aromatic heterocycles. The molecule has 0 aliphatic rings. The van der Waals surface area contributed by atoms with Crippen LogP contribution in [0.1, 0.15) is 37.6 Å². The molecule has 5 nitrogen and oxygen atoms in total. The number of likely N-dealkylation sites (N-methyl/N-ethyl adjacent to an activating group) is 1. The molecule has 2 aromatic rings. The number of aryl methyl sites for hydroxylation is 1. The van der Waals surface area contributed by atoms with Gasteiger partial charge >= 0.3 is 5.97 Å². The quantitative estimate of drug-likeness (QED) is 0.436. The Hall–Kier alpha value is -2.14. The summed E-state index contributed by atoms with van der Waals surface area (Å²) < 4.78 is 6.93. The van der Waals surface area contributed by atoms with Gasteiger partial charge in [0.15, 0.2) is 0 Å². The number of nitrogens with zero attached hydrogens (tertiary/aromatic N) is 2. The molecule has 0 spiro atoms. The third-order valence-corrected chi connectivity index (χ3v) is 4.05. The van der Waals surface area contributed by atoms with Crippen LogP contribution in [0.5, 0.6) is 0 Å². The molecule has 0 amide bonds. The van der Waals surface area contributed by atoms with Gasteiger partial charge in [0.1, 0.15) is 5.82 Å². The second-order valence-electron chi connectivity index (χ2n) is 5.84. The fourth-order valence-electron chi connectivity index (χ4n) is 2.73. The first-order valence-corrected chi connectivity index (χ1v) is 8.59. The number of fused-ring (bicyclic) bond motifs is 1. The highest BCUT2D eigenvalue weighted by molar-refractivity contribution is 5.88. The number of unbranched alkanes of at least 4 members (excludes halogenated alkanes) is 2. The Morgan fingerprint density at radius 3 is 2.92 bits per heavy atom. The van der Waals surface area contributed by atoms with Crippen LogP contribution in [0.3, 0.4) is 0 Å². The van der Waals surface area contributed by atoms with Gasteiger partial charge in [-0.05, 0) is 37.2 Å². The molecule has 0 fully saturated rings. The number of hydrogen-bond acceptors (Lipinski definition) is 4. The summed E-state index contributed by atoms with van der Waals surface area (Å²) in [6.45, 7) is 4.03. The summed E-state index contributed by atoms with van der Waals surface area (Å²) in [6.07, 6.45) is 7.78. The van der Waals surface area contributed by atoms with Gasteiger partial charge in [0.05, 0.1) is 18.1 Å². The summed E-state index contributed by atoms with van der Waals surface area (Å²) in [5, 5.41) is 3.20. The van der Waals surface area contributed by atoms with E-state index in [1.165, 1.54) is 26.0 Å². The Morgan fingerprint density at radius 1 is 1.38 bits per heavy atom. The number of carbonyl (C=O) groups is 1. The van der Waals surface area contributed by atoms with Crippen molar-refractivity contribution in [2.45, 2.75) is 39.2 Å². The van der Waals surface area contributed by atoms with Gasteiger partial charge in [-0.2, -0.15) is 0 Å². The van der Waals surface area contributed by atoms with E-state index in [1.807, 2.05) is 19.2 Å². The molecule has 2 rings (SSSR count). The van der Waals surface area contributed by atoms with Crippen molar-refractivity contribution in [3.63, 3.8) is 0 Å². The summed E-state index contributed by atoms with van der Waals surface area (Å²) in [5.74, 6) is 0.790. The lowest BCUT2D eigenvalue weighted by Gasteiger charge is -2.08. The summed E-state index contributed by atoms with van der Waals surface area (Å²) in [4.78, 5) is 16.1. The number of rotatable bonds is 9. The molecule has 1 aromatic carbocycles. The van der Waals surface area contributed by atoms with E-state index < -0.39 is 0 Å². The van der Waals surface area contributed by atoms with Gasteiger partial charge in [-0.25, -0.2) is 9.78 Å². The minimum absolute atomic E-state index is 0.352. The molecule has 0 bridgehead atoms. The predicted molar refractivity (Wildman–Crippen MR) is 97.9 cm³/mol. The molecule has 0 aliphatic carbocycles. The van der Waals surface area contributed by atoms with Crippen LogP contribution in [0.4, 0.5) is 0 Å². The SMILES string of the molecule is CCCCCc1nc2cc(/C=C/C(=O)OC)ccc2n1CCNC. The Bertz CT molecular complexity index is 704. The second-order valence-corrected chi connectivity index (χ2v) is 5.84. The molecule has 130 valence electrons. The lowest BCUT2D eigenvalue weighted by molar-refractivity contribution is -0.134. The van der Waals surface area contributed by atoms with E-state index in [2.05, 4.69) is 27.6 Å². The lowest BCUT2D eigenvalue weighted by Crippen LogP contribution is -2.16. The Morgan fingerprint density at radius 2 is 2.21 bits per heavy atom. The molecule has 0 saturated heterocycles. The van der Waals surface area contributed by atoms with Crippen LogP contribution in [-0.4, -0.2) is 36.2 Å². The second kappa shape index (κ2) is 9.23. The first kappa shape index (κ1) is 18.2. The zero-order valence-corrected chi connectivity index (χ0v) is 14.8. The number of imidazole rings is 1. The minimum atomic E-state index is -0.352. The molecule has 24 heavy (non-hydrogen) atoms. The molecule has 0 saturated carbocycles. The summed E-state index contributed by atoms with van der Waals surface area (Å²) in [6, 6.07) is 6.11. The maximum Gasteiger partial charge on any atom is 0.330 e. The number of hydrogen-bond donors (Lipinski definition) is 1. The van der Waals surface area contributed by atoms with E-state index in [0.717, 1.165) is 48.4 Å². The van der Waals surface area contributed by atoms with Crippen molar-refractivity contribution in [1.29, 1.82) is 0 Å². The molecule has 1 heterocycles. The van der Waals surface area contributed by atoms with Crippen LogP contribution in [0.2, 0.25) is 0 Å². The minimum Gasteiger partial charge on any atom is -0.466 e. The molecule has 1 N–H and O–H groups in total. The van der Waals surface area contributed by atoms with Crippen LogP contribution < -0.4 is 5.32 Å². The smallest absolute Gasteiger partial charge is 0.330 e. The number of aromatic nitrogens is 2.